The van der Waals surface area contributed by atoms with Crippen molar-refractivity contribution in [2.24, 2.45) is 16.5 Å². The lowest BCUT2D eigenvalue weighted by Gasteiger charge is -2.10. The Labute approximate surface area is 111 Å². The SMILES string of the molecule is Cc1ccc(C)n1-c1cccc(C(=O)N=C(N)N)c1. The first-order valence-electron chi connectivity index (χ1n) is 5.88. The van der Waals surface area contributed by atoms with Gasteiger partial charge in [-0.05, 0) is 44.2 Å². The average molecular weight is 256 g/mol. The standard InChI is InChI=1S/C14H16N4O/c1-9-6-7-10(2)18(9)12-5-3-4-11(8-12)13(19)17-14(15)16/h3-8H,1-2H3,(H4,15,16,17,19). The summed E-state index contributed by atoms with van der Waals surface area (Å²) in [6.45, 7) is 4.02. The second-order valence-corrected chi connectivity index (χ2v) is 4.34. The van der Waals surface area contributed by atoms with Crippen LogP contribution in [0.4, 0.5) is 0 Å². The van der Waals surface area contributed by atoms with Gasteiger partial charge in [-0.3, -0.25) is 4.79 Å². The number of amides is 1. The molecule has 2 aromatic rings. The molecule has 4 N–H and O–H groups in total. The van der Waals surface area contributed by atoms with Gasteiger partial charge in [0.1, 0.15) is 0 Å². The number of carbonyl (C=O) groups is 1. The molecule has 0 fully saturated rings. The van der Waals surface area contributed by atoms with Gasteiger partial charge in [-0.25, -0.2) is 0 Å². The van der Waals surface area contributed by atoms with Crippen LogP contribution in [0, 0.1) is 13.8 Å². The van der Waals surface area contributed by atoms with Crippen LogP contribution in [0.15, 0.2) is 41.4 Å². The van der Waals surface area contributed by atoms with Crippen molar-refractivity contribution in [1.29, 1.82) is 0 Å². The van der Waals surface area contributed by atoms with E-state index in [1.165, 1.54) is 0 Å². The van der Waals surface area contributed by atoms with Crippen molar-refractivity contribution in [3.8, 4) is 5.69 Å². The molecule has 0 spiro atoms. The lowest BCUT2D eigenvalue weighted by molar-refractivity contribution is 0.100. The minimum atomic E-state index is -0.440. The number of rotatable bonds is 2. The van der Waals surface area contributed by atoms with Gasteiger partial charge in [0.15, 0.2) is 5.96 Å². The zero-order chi connectivity index (χ0) is 14.0. The number of hydrogen-bond acceptors (Lipinski definition) is 1. The maximum atomic E-state index is 11.8. The van der Waals surface area contributed by atoms with Crippen LogP contribution in [-0.2, 0) is 0 Å². The fraction of sp³-hybridized carbons (Fsp3) is 0.143. The molecule has 0 bridgehead atoms. The largest absolute Gasteiger partial charge is 0.370 e. The highest BCUT2D eigenvalue weighted by Gasteiger charge is 2.08. The van der Waals surface area contributed by atoms with Crippen LogP contribution >= 0.6 is 0 Å². The number of benzene rings is 1. The van der Waals surface area contributed by atoms with Crippen LogP contribution in [0.25, 0.3) is 5.69 Å². The van der Waals surface area contributed by atoms with Crippen molar-refractivity contribution in [1.82, 2.24) is 4.57 Å². The molecule has 1 aromatic heterocycles. The number of carbonyl (C=O) groups excluding carboxylic acids is 1. The Morgan fingerprint density at radius 1 is 1.11 bits per heavy atom. The summed E-state index contributed by atoms with van der Waals surface area (Å²) in [7, 11) is 0. The molecule has 0 saturated carbocycles. The summed E-state index contributed by atoms with van der Waals surface area (Å²) < 4.78 is 2.06. The summed E-state index contributed by atoms with van der Waals surface area (Å²) in [6.07, 6.45) is 0. The summed E-state index contributed by atoms with van der Waals surface area (Å²) in [5, 5.41) is 0. The molecule has 1 amide bonds. The Bertz CT molecular complexity index is 632. The first-order chi connectivity index (χ1) is 8.99. The second kappa shape index (κ2) is 4.97. The monoisotopic (exact) mass is 256 g/mol. The van der Waals surface area contributed by atoms with Crippen molar-refractivity contribution < 1.29 is 4.79 Å². The molecule has 0 aliphatic carbocycles. The Hall–Kier alpha value is -2.56. The topological polar surface area (TPSA) is 86.4 Å². The number of guanidine groups is 1. The third-order valence-electron chi connectivity index (χ3n) is 2.85. The summed E-state index contributed by atoms with van der Waals surface area (Å²) in [4.78, 5) is 15.3. The molecule has 0 aliphatic rings. The lowest BCUT2D eigenvalue weighted by atomic mass is 10.2. The van der Waals surface area contributed by atoms with Crippen LogP contribution in [0.3, 0.4) is 0 Å². The van der Waals surface area contributed by atoms with E-state index in [9.17, 15) is 4.79 Å². The highest BCUT2D eigenvalue weighted by molar-refractivity contribution is 6.02. The molecular weight excluding hydrogens is 240 g/mol. The predicted octanol–water partition coefficient (Wildman–Crippen LogP) is 1.51. The molecule has 98 valence electrons. The Kier molecular flexibility index (Phi) is 3.37. The van der Waals surface area contributed by atoms with Crippen molar-refractivity contribution in [2.75, 3.05) is 0 Å². The molecular formula is C14H16N4O. The molecule has 5 nitrogen and oxygen atoms in total. The van der Waals surface area contributed by atoms with Crippen molar-refractivity contribution in [3.05, 3.63) is 53.3 Å². The highest BCUT2D eigenvalue weighted by Crippen LogP contribution is 2.17. The molecule has 0 saturated heterocycles. The normalized spacial score (nSPS) is 10.2. The molecule has 19 heavy (non-hydrogen) atoms. The third-order valence-corrected chi connectivity index (χ3v) is 2.85. The molecule has 2 rings (SSSR count). The Balaban J connectivity index is 2.46. The van der Waals surface area contributed by atoms with Crippen LogP contribution in [0.2, 0.25) is 0 Å². The molecule has 1 aromatic carbocycles. The van der Waals surface area contributed by atoms with Gasteiger partial charge in [-0.1, -0.05) is 6.07 Å². The second-order valence-electron chi connectivity index (χ2n) is 4.34. The van der Waals surface area contributed by atoms with Gasteiger partial charge in [0, 0.05) is 22.6 Å². The number of aliphatic imine (C=N–C) groups is 1. The number of aromatic nitrogens is 1. The fourth-order valence-electron chi connectivity index (χ4n) is 2.04. The van der Waals surface area contributed by atoms with Gasteiger partial charge in [-0.15, -0.1) is 0 Å². The minimum Gasteiger partial charge on any atom is -0.370 e. The van der Waals surface area contributed by atoms with E-state index < -0.39 is 5.91 Å². The molecule has 0 unspecified atom stereocenters. The van der Waals surface area contributed by atoms with Gasteiger partial charge < -0.3 is 16.0 Å². The Morgan fingerprint density at radius 2 is 1.74 bits per heavy atom. The van der Waals surface area contributed by atoms with Crippen LogP contribution < -0.4 is 11.5 Å². The van der Waals surface area contributed by atoms with Crippen LogP contribution in [-0.4, -0.2) is 16.4 Å². The summed E-state index contributed by atoms with van der Waals surface area (Å²) >= 11 is 0. The maximum absolute atomic E-state index is 11.8. The van der Waals surface area contributed by atoms with Crippen molar-refractivity contribution in [3.63, 3.8) is 0 Å². The van der Waals surface area contributed by atoms with E-state index in [1.54, 1.807) is 12.1 Å². The number of hydrogen-bond donors (Lipinski definition) is 2. The quantitative estimate of drug-likeness (QED) is 0.630. The highest BCUT2D eigenvalue weighted by atomic mass is 16.1. The summed E-state index contributed by atoms with van der Waals surface area (Å²) in [6, 6.07) is 11.3. The smallest absolute Gasteiger partial charge is 0.280 e. The predicted molar refractivity (Wildman–Crippen MR) is 75.4 cm³/mol. The van der Waals surface area contributed by atoms with E-state index in [0.717, 1.165) is 17.1 Å². The molecule has 0 aliphatic heterocycles. The van der Waals surface area contributed by atoms with Gasteiger partial charge in [-0.2, -0.15) is 4.99 Å². The van der Waals surface area contributed by atoms with E-state index in [0.29, 0.717) is 5.56 Å². The van der Waals surface area contributed by atoms with Gasteiger partial charge in [0.25, 0.3) is 5.91 Å². The van der Waals surface area contributed by atoms with Crippen LogP contribution in [0.5, 0.6) is 0 Å². The molecule has 5 heteroatoms. The first kappa shape index (κ1) is 12.9. The summed E-state index contributed by atoms with van der Waals surface area (Å²) in [5.41, 5.74) is 14.0. The average Bonchev–Trinajstić information content (AvgIpc) is 2.68. The zero-order valence-electron chi connectivity index (χ0n) is 10.9. The Morgan fingerprint density at radius 3 is 2.32 bits per heavy atom. The first-order valence-corrected chi connectivity index (χ1v) is 5.88. The van der Waals surface area contributed by atoms with E-state index in [-0.39, 0.29) is 5.96 Å². The van der Waals surface area contributed by atoms with Gasteiger partial charge >= 0.3 is 0 Å². The fourth-order valence-corrected chi connectivity index (χ4v) is 2.04. The molecule has 0 atom stereocenters. The zero-order valence-corrected chi connectivity index (χ0v) is 10.9. The van der Waals surface area contributed by atoms with E-state index in [1.807, 2.05) is 38.1 Å². The summed E-state index contributed by atoms with van der Waals surface area (Å²) in [5.74, 6) is -0.673. The number of nitrogens with zero attached hydrogens (tertiary/aromatic N) is 2. The van der Waals surface area contributed by atoms with Crippen molar-refractivity contribution in [2.45, 2.75) is 13.8 Å². The third kappa shape index (κ3) is 2.65. The van der Waals surface area contributed by atoms with E-state index in [4.69, 9.17) is 11.5 Å². The van der Waals surface area contributed by atoms with E-state index >= 15 is 0 Å². The van der Waals surface area contributed by atoms with E-state index in [2.05, 4.69) is 9.56 Å². The molecule has 1 heterocycles. The van der Waals surface area contributed by atoms with Crippen molar-refractivity contribution >= 4 is 11.9 Å². The van der Waals surface area contributed by atoms with Gasteiger partial charge in [0.2, 0.25) is 0 Å². The number of nitrogens with two attached hydrogens (primary N) is 2. The lowest BCUT2D eigenvalue weighted by Crippen LogP contribution is -2.24. The number of aryl methyl sites for hydroxylation is 2. The molecule has 0 radical (unpaired) electrons. The minimum absolute atomic E-state index is 0.233. The van der Waals surface area contributed by atoms with Gasteiger partial charge in [0.05, 0.1) is 0 Å². The van der Waals surface area contributed by atoms with Crippen LogP contribution in [0.1, 0.15) is 21.7 Å². The maximum Gasteiger partial charge on any atom is 0.280 e.